The number of nitrogens with zero attached hydrogens (tertiary/aromatic N) is 1. The van der Waals surface area contributed by atoms with Crippen molar-refractivity contribution in [2.24, 2.45) is 0 Å². The van der Waals surface area contributed by atoms with Gasteiger partial charge < -0.3 is 0 Å². The Kier molecular flexibility index (Phi) is 7.95. The summed E-state index contributed by atoms with van der Waals surface area (Å²) in [4.78, 5) is 15.6. The van der Waals surface area contributed by atoms with Crippen molar-refractivity contribution in [2.75, 3.05) is 0 Å². The van der Waals surface area contributed by atoms with E-state index in [1.54, 1.807) is 0 Å². The number of carbonyl (C=O) groups is 1. The van der Waals surface area contributed by atoms with Gasteiger partial charge in [0.15, 0.2) is 0 Å². The summed E-state index contributed by atoms with van der Waals surface area (Å²) < 4.78 is 7.20. The molecule has 31 heavy (non-hydrogen) atoms. The molecule has 0 radical (unpaired) electrons. The number of carbonyl (C=O) groups excluding carboxylic acids is 1. The van der Waals surface area contributed by atoms with Gasteiger partial charge in [-0.2, -0.15) is 0 Å². The average Bonchev–Trinajstić information content (AvgIpc) is 2.74. The van der Waals surface area contributed by atoms with Crippen molar-refractivity contribution in [1.82, 2.24) is 4.90 Å². The monoisotopic (exact) mass is 481 g/mol. The van der Waals surface area contributed by atoms with Crippen LogP contribution in [0.3, 0.4) is 0 Å². The molecular weight excluding hydrogens is 449 g/mol. The van der Waals surface area contributed by atoms with Crippen LogP contribution in [0, 0.1) is 0 Å². The van der Waals surface area contributed by atoms with Gasteiger partial charge in [-0.05, 0) is 0 Å². The molecule has 0 fully saturated rings. The molecule has 0 heterocycles. The second-order valence-corrected chi connectivity index (χ2v) is 11.6. The standard InChI is InChI=1S/C27H31NO2Se/c1-21(31-24-18-12-7-13-19-24)25(23-16-10-6-11-17-23)28(26(29)30-27(2,3)4)20-22-14-8-5-9-15-22/h5-19,21,25H,20H2,1-4H3/t21-,25+/m0/s1. The number of amides is 1. The normalized spacial score (nSPS) is 13.3. The molecular formula is C27H31NO2Se. The summed E-state index contributed by atoms with van der Waals surface area (Å²) >= 11 is 0.193. The van der Waals surface area contributed by atoms with Gasteiger partial charge >= 0.3 is 193 Å². The van der Waals surface area contributed by atoms with Gasteiger partial charge in [-0.3, -0.25) is 0 Å². The third kappa shape index (κ3) is 6.99. The van der Waals surface area contributed by atoms with Crippen molar-refractivity contribution in [3.05, 3.63) is 102 Å². The van der Waals surface area contributed by atoms with Gasteiger partial charge in [0.1, 0.15) is 0 Å². The summed E-state index contributed by atoms with van der Waals surface area (Å²) in [6.07, 6.45) is -0.277. The Labute approximate surface area is 192 Å². The average molecular weight is 481 g/mol. The van der Waals surface area contributed by atoms with Crippen molar-refractivity contribution in [2.45, 2.75) is 50.7 Å². The van der Waals surface area contributed by atoms with Gasteiger partial charge in [-0.25, -0.2) is 0 Å². The third-order valence-corrected chi connectivity index (χ3v) is 7.27. The Hall–Kier alpha value is -2.55. The Morgan fingerprint density at radius 2 is 1.39 bits per heavy atom. The summed E-state index contributed by atoms with van der Waals surface area (Å²) in [7, 11) is 0. The van der Waals surface area contributed by atoms with E-state index >= 15 is 0 Å². The van der Waals surface area contributed by atoms with Crippen LogP contribution in [-0.2, 0) is 11.3 Å². The molecule has 3 aromatic rings. The fourth-order valence-electron chi connectivity index (χ4n) is 3.51. The molecule has 3 nitrogen and oxygen atoms in total. The molecule has 1 amide bonds. The molecule has 0 N–H and O–H groups in total. The van der Waals surface area contributed by atoms with Crippen molar-refractivity contribution in [3.8, 4) is 0 Å². The van der Waals surface area contributed by atoms with E-state index in [-0.39, 0.29) is 31.9 Å². The number of hydrogen-bond acceptors (Lipinski definition) is 2. The Morgan fingerprint density at radius 1 is 0.871 bits per heavy atom. The van der Waals surface area contributed by atoms with Crippen molar-refractivity contribution >= 4 is 25.5 Å². The SMILES string of the molecule is C[C@H]([Se]c1ccccc1)[C@H](c1ccccc1)N(Cc1ccccc1)C(=O)OC(C)(C)C. The third-order valence-electron chi connectivity index (χ3n) is 4.81. The van der Waals surface area contributed by atoms with E-state index < -0.39 is 5.60 Å². The predicted molar refractivity (Wildman–Crippen MR) is 129 cm³/mol. The zero-order valence-corrected chi connectivity index (χ0v) is 20.4. The van der Waals surface area contributed by atoms with Crippen LogP contribution in [0.5, 0.6) is 0 Å². The van der Waals surface area contributed by atoms with E-state index in [4.69, 9.17) is 4.74 Å². The summed E-state index contributed by atoms with van der Waals surface area (Å²) in [5.41, 5.74) is 1.67. The first-order valence-corrected chi connectivity index (χ1v) is 12.5. The quantitative estimate of drug-likeness (QED) is 0.388. The topological polar surface area (TPSA) is 29.5 Å². The van der Waals surface area contributed by atoms with Gasteiger partial charge in [-0.15, -0.1) is 0 Å². The van der Waals surface area contributed by atoms with Crippen molar-refractivity contribution in [3.63, 3.8) is 0 Å². The summed E-state index contributed by atoms with van der Waals surface area (Å²) in [6, 6.07) is 30.9. The first-order chi connectivity index (χ1) is 14.8. The molecule has 4 heteroatoms. The molecule has 0 bridgehead atoms. The molecule has 0 saturated carbocycles. The summed E-state index contributed by atoms with van der Waals surface area (Å²) in [6.45, 7) is 8.50. The van der Waals surface area contributed by atoms with E-state index in [0.29, 0.717) is 6.54 Å². The Balaban J connectivity index is 1.99. The molecule has 0 aliphatic heterocycles. The minimum atomic E-state index is -0.554. The molecule has 2 atom stereocenters. The van der Waals surface area contributed by atoms with E-state index in [9.17, 15) is 4.79 Å². The molecule has 0 spiro atoms. The van der Waals surface area contributed by atoms with Gasteiger partial charge in [0.2, 0.25) is 0 Å². The number of rotatable bonds is 7. The first kappa shape index (κ1) is 23.1. The summed E-state index contributed by atoms with van der Waals surface area (Å²) in [5, 5.41) is 0. The summed E-state index contributed by atoms with van der Waals surface area (Å²) in [5.74, 6) is 0. The minimum absolute atomic E-state index is 0.0866. The van der Waals surface area contributed by atoms with Crippen molar-refractivity contribution in [1.29, 1.82) is 0 Å². The van der Waals surface area contributed by atoms with Crippen LogP contribution in [0.2, 0.25) is 4.82 Å². The van der Waals surface area contributed by atoms with Crippen LogP contribution >= 0.6 is 0 Å². The predicted octanol–water partition coefficient (Wildman–Crippen LogP) is 6.00. The van der Waals surface area contributed by atoms with Crippen LogP contribution in [0.1, 0.15) is 44.9 Å². The molecule has 0 aliphatic carbocycles. The zero-order valence-electron chi connectivity index (χ0n) is 18.7. The second kappa shape index (κ2) is 10.7. The van der Waals surface area contributed by atoms with Crippen LogP contribution in [0.25, 0.3) is 0 Å². The van der Waals surface area contributed by atoms with E-state index in [2.05, 4.69) is 55.5 Å². The molecule has 0 unspecified atom stereocenters. The maximum absolute atomic E-state index is 13.4. The van der Waals surface area contributed by atoms with Gasteiger partial charge in [0, 0.05) is 0 Å². The van der Waals surface area contributed by atoms with Crippen molar-refractivity contribution < 1.29 is 9.53 Å². The van der Waals surface area contributed by atoms with E-state index in [0.717, 1.165) is 11.1 Å². The molecule has 0 aliphatic rings. The molecule has 162 valence electrons. The fourth-order valence-corrected chi connectivity index (χ4v) is 5.98. The van der Waals surface area contributed by atoms with Gasteiger partial charge in [0.05, 0.1) is 0 Å². The Morgan fingerprint density at radius 3 is 1.94 bits per heavy atom. The molecule has 3 rings (SSSR count). The second-order valence-electron chi connectivity index (χ2n) is 8.59. The zero-order chi connectivity index (χ0) is 22.3. The first-order valence-electron chi connectivity index (χ1n) is 10.6. The maximum atomic E-state index is 13.4. The number of ether oxygens (including phenoxy) is 1. The van der Waals surface area contributed by atoms with E-state index in [1.807, 2.05) is 68.1 Å². The van der Waals surface area contributed by atoms with Crippen LogP contribution in [0.4, 0.5) is 4.79 Å². The van der Waals surface area contributed by atoms with Gasteiger partial charge in [-0.1, -0.05) is 0 Å². The van der Waals surface area contributed by atoms with Crippen LogP contribution in [-0.4, -0.2) is 31.6 Å². The number of hydrogen-bond donors (Lipinski definition) is 0. The number of benzene rings is 3. The molecule has 0 aromatic heterocycles. The molecule has 0 saturated heterocycles. The van der Waals surface area contributed by atoms with Gasteiger partial charge in [0.25, 0.3) is 0 Å². The van der Waals surface area contributed by atoms with Crippen LogP contribution in [0.15, 0.2) is 91.0 Å². The Bertz CT molecular complexity index is 939. The van der Waals surface area contributed by atoms with E-state index in [1.165, 1.54) is 4.46 Å². The fraction of sp³-hybridized carbons (Fsp3) is 0.296. The molecule has 3 aromatic carbocycles. The van der Waals surface area contributed by atoms with Crippen LogP contribution < -0.4 is 4.46 Å².